The van der Waals surface area contributed by atoms with Gasteiger partial charge in [-0.15, -0.1) is 0 Å². The summed E-state index contributed by atoms with van der Waals surface area (Å²) in [7, 11) is -9.71. The highest BCUT2D eigenvalue weighted by Crippen LogP contribution is 3.02. The van der Waals surface area contributed by atoms with Gasteiger partial charge in [-0.1, -0.05) is 31.6 Å². The molecule has 200 valence electrons. The number of rotatable bonds is 5. The molecule has 0 unspecified atom stereocenters. The van der Waals surface area contributed by atoms with Crippen LogP contribution in [0.5, 0.6) is 0 Å². The lowest BCUT2D eigenvalue weighted by atomic mass is 9.60. The number of urea groups is 1. The van der Waals surface area contributed by atoms with E-state index in [0.717, 1.165) is 18.3 Å². The minimum absolute atomic E-state index is 0.0776. The number of hydrogen-bond acceptors (Lipinski definition) is 3. The molecule has 5 rings (SSSR count). The number of nitrogens with zero attached hydrogens (tertiary/aromatic N) is 4. The summed E-state index contributed by atoms with van der Waals surface area (Å²) < 4.78 is 109. The van der Waals surface area contributed by atoms with Crippen molar-refractivity contribution in [3.63, 3.8) is 0 Å². The number of likely N-dealkylation sites (tertiary alicyclic amines) is 2. The molecule has 0 N–H and O–H groups in total. The zero-order valence-corrected chi connectivity index (χ0v) is 19.4. The molecule has 6 nitrogen and oxygen atoms in total. The van der Waals surface area contributed by atoms with Crippen molar-refractivity contribution in [2.45, 2.75) is 42.7 Å². The van der Waals surface area contributed by atoms with E-state index in [1.807, 2.05) is 0 Å². The summed E-state index contributed by atoms with van der Waals surface area (Å²) in [6.07, 6.45) is -1.30. The minimum atomic E-state index is -9.71. The fraction of sp³-hybridized carbons (Fsp3) is 0.524. The third-order valence-electron chi connectivity index (χ3n) is 6.95. The number of carbonyl (C=O) groups excluding carboxylic acids is 1. The molecule has 3 heterocycles. The van der Waals surface area contributed by atoms with Gasteiger partial charge >= 0.3 is 22.4 Å². The molecular formula is C21H22F8N4O2S. The Bertz CT molecular complexity index is 1160. The van der Waals surface area contributed by atoms with Crippen LogP contribution < -0.4 is 0 Å². The number of ether oxygens (including phenoxy) is 1. The second-order valence-electron chi connectivity index (χ2n) is 9.86. The maximum atomic E-state index is 12.8. The van der Waals surface area contributed by atoms with E-state index in [1.165, 1.54) is 10.9 Å². The van der Waals surface area contributed by atoms with Crippen molar-refractivity contribution in [2.24, 2.45) is 5.41 Å². The summed E-state index contributed by atoms with van der Waals surface area (Å²) >= 11 is 0. The van der Waals surface area contributed by atoms with E-state index in [4.69, 9.17) is 4.74 Å². The summed E-state index contributed by atoms with van der Waals surface area (Å²) in [5.41, 5.74) is -0.718. The van der Waals surface area contributed by atoms with E-state index in [0.29, 0.717) is 56.7 Å². The number of benzene rings is 1. The van der Waals surface area contributed by atoms with Gasteiger partial charge in [0.05, 0.1) is 32.1 Å². The molecule has 1 spiro atoms. The number of carbonyl (C=O) groups is 1. The van der Waals surface area contributed by atoms with Gasteiger partial charge in [0.15, 0.2) is 5.69 Å². The molecule has 15 heteroatoms. The van der Waals surface area contributed by atoms with E-state index in [-0.39, 0.29) is 30.2 Å². The van der Waals surface area contributed by atoms with E-state index in [9.17, 15) is 37.4 Å². The molecule has 1 saturated carbocycles. The highest BCUT2D eigenvalue weighted by atomic mass is 32.5. The van der Waals surface area contributed by atoms with Crippen molar-refractivity contribution < 1.29 is 42.1 Å². The van der Waals surface area contributed by atoms with Gasteiger partial charge in [-0.05, 0) is 30.5 Å². The zero-order valence-electron chi connectivity index (χ0n) is 18.6. The van der Waals surface area contributed by atoms with Gasteiger partial charge in [0, 0.05) is 30.7 Å². The first-order valence-electron chi connectivity index (χ1n) is 11.0. The molecule has 3 aliphatic rings. The summed E-state index contributed by atoms with van der Waals surface area (Å²) in [5, 5.41) is 0. The van der Waals surface area contributed by atoms with E-state index < -0.39 is 27.0 Å². The quantitative estimate of drug-likeness (QED) is 0.419. The third-order valence-corrected chi connectivity index (χ3v) is 8.11. The van der Waals surface area contributed by atoms with Crippen molar-refractivity contribution in [1.82, 2.24) is 19.4 Å². The predicted molar refractivity (Wildman–Crippen MR) is 113 cm³/mol. The van der Waals surface area contributed by atoms with Crippen LogP contribution in [0.15, 0.2) is 41.7 Å². The summed E-state index contributed by atoms with van der Waals surface area (Å²) in [6.45, 7) is 1.55. The largest absolute Gasteiger partial charge is 0.434 e. The van der Waals surface area contributed by atoms with E-state index >= 15 is 0 Å². The Morgan fingerprint density at radius 2 is 1.64 bits per heavy atom. The molecule has 1 aromatic heterocycles. The fourth-order valence-electron chi connectivity index (χ4n) is 4.95. The first kappa shape index (κ1) is 25.1. The van der Waals surface area contributed by atoms with Crippen LogP contribution in [0.3, 0.4) is 0 Å². The molecule has 36 heavy (non-hydrogen) atoms. The van der Waals surface area contributed by atoms with E-state index in [2.05, 4.69) is 4.98 Å². The highest BCUT2D eigenvalue weighted by molar-refractivity contribution is 8.45. The van der Waals surface area contributed by atoms with Gasteiger partial charge in [-0.25, -0.2) is 9.78 Å². The van der Waals surface area contributed by atoms with Gasteiger partial charge in [-0.2, -0.15) is 13.2 Å². The maximum absolute atomic E-state index is 12.8. The number of alkyl halides is 3. The Balaban J connectivity index is 1.03. The summed E-state index contributed by atoms with van der Waals surface area (Å²) in [4.78, 5) is 17.3. The van der Waals surface area contributed by atoms with Gasteiger partial charge in [0.25, 0.3) is 0 Å². The third kappa shape index (κ3) is 4.86. The molecule has 0 atom stereocenters. The first-order valence-corrected chi connectivity index (χ1v) is 13.0. The summed E-state index contributed by atoms with van der Waals surface area (Å²) in [5.74, 6) is 0. The number of aromatic nitrogens is 2. The molecule has 2 aliphatic heterocycles. The van der Waals surface area contributed by atoms with Gasteiger partial charge < -0.3 is 19.1 Å². The Kier molecular flexibility index (Phi) is 5.07. The molecular weight excluding hydrogens is 524 g/mol. The fourth-order valence-corrected chi connectivity index (χ4v) is 5.60. The lowest BCUT2D eigenvalue weighted by molar-refractivity contribution is -0.141. The summed E-state index contributed by atoms with van der Waals surface area (Å²) in [6, 6.07) is 2.30. The average molecular weight is 546 g/mol. The maximum Gasteiger partial charge on any atom is 0.434 e. The Hall–Kier alpha value is -2.55. The number of amides is 2. The first-order chi connectivity index (χ1) is 16.4. The smallest absolute Gasteiger partial charge is 0.370 e. The Labute approximate surface area is 200 Å². The van der Waals surface area contributed by atoms with Crippen LogP contribution >= 0.6 is 10.2 Å². The zero-order chi connectivity index (χ0) is 26.2. The SMILES string of the molecule is O=C(N1CC(OCc2ccc(S(F)(F)(F)(F)F)cc2)C1)N1CC2(CC(n3cnc(C(F)(F)F)c3)C2)C1. The van der Waals surface area contributed by atoms with Crippen LogP contribution in [0.25, 0.3) is 0 Å². The molecule has 1 aromatic carbocycles. The topological polar surface area (TPSA) is 50.6 Å². The average Bonchev–Trinajstić information content (AvgIpc) is 3.13. The monoisotopic (exact) mass is 546 g/mol. The lowest BCUT2D eigenvalue weighted by Crippen LogP contribution is -2.68. The van der Waals surface area contributed by atoms with Crippen molar-refractivity contribution in [1.29, 1.82) is 0 Å². The molecule has 0 radical (unpaired) electrons. The molecule has 0 bridgehead atoms. The van der Waals surface area contributed by atoms with Gasteiger partial charge in [0.2, 0.25) is 0 Å². The van der Waals surface area contributed by atoms with Crippen LogP contribution in [0.4, 0.5) is 37.4 Å². The van der Waals surface area contributed by atoms with Crippen LogP contribution in [0.2, 0.25) is 0 Å². The van der Waals surface area contributed by atoms with Crippen LogP contribution in [-0.4, -0.2) is 57.7 Å². The molecule has 2 aromatic rings. The van der Waals surface area contributed by atoms with Crippen LogP contribution in [0, 0.1) is 5.41 Å². The van der Waals surface area contributed by atoms with Crippen molar-refractivity contribution in [3.05, 3.63) is 48.0 Å². The molecule has 2 amide bonds. The van der Waals surface area contributed by atoms with Crippen molar-refractivity contribution >= 4 is 16.3 Å². The van der Waals surface area contributed by atoms with Gasteiger partial charge in [-0.3, -0.25) is 0 Å². The van der Waals surface area contributed by atoms with E-state index in [1.54, 1.807) is 9.80 Å². The van der Waals surface area contributed by atoms with Crippen LogP contribution in [-0.2, 0) is 17.5 Å². The predicted octanol–water partition coefficient (Wildman–Crippen LogP) is 6.22. The van der Waals surface area contributed by atoms with Crippen molar-refractivity contribution in [2.75, 3.05) is 26.2 Å². The van der Waals surface area contributed by atoms with Crippen LogP contribution in [0.1, 0.15) is 30.1 Å². The molecule has 2 saturated heterocycles. The lowest BCUT2D eigenvalue weighted by Gasteiger charge is -2.60. The van der Waals surface area contributed by atoms with Gasteiger partial charge in [0.1, 0.15) is 4.90 Å². The highest BCUT2D eigenvalue weighted by Gasteiger charge is 2.65. The molecule has 3 fully saturated rings. The molecule has 1 aliphatic carbocycles. The second kappa shape index (κ2) is 7.27. The Morgan fingerprint density at radius 1 is 1.03 bits per heavy atom. The number of hydrogen-bond donors (Lipinski definition) is 0. The number of imidazole rings is 1. The van der Waals surface area contributed by atoms with Crippen molar-refractivity contribution in [3.8, 4) is 0 Å². The minimum Gasteiger partial charge on any atom is -0.370 e. The Morgan fingerprint density at radius 3 is 2.17 bits per heavy atom. The normalized spacial score (nSPS) is 22.4. The second-order valence-corrected chi connectivity index (χ2v) is 12.3. The standard InChI is InChI=1S/C21H22F8N4O2S/c22-21(23,24)18-9-32(13-30-18)15-5-20(6-15)11-33(12-20)19(34)31-7-16(8-31)35-10-14-1-3-17(4-2-14)36(25,26,27,28)29/h1-4,9,13,15-16H,5-8,10-12H2. The number of halogens is 8.